The highest BCUT2D eigenvalue weighted by Gasteiger charge is 2.14. The second-order valence-corrected chi connectivity index (χ2v) is 5.80. The van der Waals surface area contributed by atoms with Crippen LogP contribution in [-0.2, 0) is 13.1 Å². The molecule has 0 aromatic heterocycles. The Labute approximate surface area is 147 Å². The number of ether oxygens (including phenoxy) is 3. The van der Waals surface area contributed by atoms with Gasteiger partial charge in [0.25, 0.3) is 0 Å². The number of nitrogens with zero attached hydrogens (tertiary/aromatic N) is 1. The number of benzene rings is 2. The van der Waals surface area contributed by atoms with Gasteiger partial charge in [0.15, 0.2) is 11.5 Å². The Morgan fingerprint density at radius 1 is 1.16 bits per heavy atom. The van der Waals surface area contributed by atoms with Crippen LogP contribution < -0.4 is 19.5 Å². The Hall–Kier alpha value is -2.89. The van der Waals surface area contributed by atoms with Gasteiger partial charge in [0.1, 0.15) is 19.0 Å². The highest BCUT2D eigenvalue weighted by Crippen LogP contribution is 2.31. The van der Waals surface area contributed by atoms with E-state index in [1.165, 1.54) is 0 Å². The van der Waals surface area contributed by atoms with E-state index >= 15 is 0 Å². The number of para-hydroxylation sites is 1. The van der Waals surface area contributed by atoms with Crippen LogP contribution in [0.1, 0.15) is 11.1 Å². The monoisotopic (exact) mass is 342 g/mol. The summed E-state index contributed by atoms with van der Waals surface area (Å²) in [7, 11) is 3.38. The second kappa shape index (κ2) is 7.79. The largest absolute Gasteiger partial charge is 0.496 e. The molecule has 0 saturated heterocycles. The number of fused-ring (bicyclic) bond motifs is 1. The van der Waals surface area contributed by atoms with Crippen molar-refractivity contribution in [2.45, 2.75) is 13.1 Å². The van der Waals surface area contributed by atoms with Gasteiger partial charge < -0.3 is 24.4 Å². The second-order valence-electron chi connectivity index (χ2n) is 5.80. The first kappa shape index (κ1) is 17.0. The average Bonchev–Trinajstić information content (AvgIpc) is 2.66. The summed E-state index contributed by atoms with van der Waals surface area (Å²) in [6, 6.07) is 13.2. The minimum Gasteiger partial charge on any atom is -0.496 e. The zero-order valence-corrected chi connectivity index (χ0v) is 14.5. The van der Waals surface area contributed by atoms with Crippen molar-refractivity contribution in [3.05, 3.63) is 53.6 Å². The number of nitrogens with one attached hydrogen (secondary N) is 1. The lowest BCUT2D eigenvalue weighted by Gasteiger charge is -2.21. The first-order valence-electron chi connectivity index (χ1n) is 8.17. The molecule has 0 saturated carbocycles. The fourth-order valence-electron chi connectivity index (χ4n) is 2.69. The van der Waals surface area contributed by atoms with Crippen LogP contribution in [-0.4, -0.2) is 38.3 Å². The topological polar surface area (TPSA) is 60.0 Å². The smallest absolute Gasteiger partial charge is 0.317 e. The Balaban J connectivity index is 1.57. The van der Waals surface area contributed by atoms with Crippen LogP contribution in [0.3, 0.4) is 0 Å². The number of amides is 2. The van der Waals surface area contributed by atoms with Gasteiger partial charge in [-0.1, -0.05) is 24.3 Å². The molecule has 0 radical (unpaired) electrons. The van der Waals surface area contributed by atoms with Crippen LogP contribution in [0, 0.1) is 0 Å². The normalized spacial score (nSPS) is 12.4. The lowest BCUT2D eigenvalue weighted by molar-refractivity contribution is 0.171. The summed E-state index contributed by atoms with van der Waals surface area (Å²) < 4.78 is 16.4. The van der Waals surface area contributed by atoms with Crippen molar-refractivity contribution in [2.24, 2.45) is 0 Å². The number of urea groups is 1. The van der Waals surface area contributed by atoms with E-state index in [2.05, 4.69) is 5.32 Å². The van der Waals surface area contributed by atoms with E-state index in [1.807, 2.05) is 42.5 Å². The molecule has 6 heteroatoms. The van der Waals surface area contributed by atoms with Gasteiger partial charge >= 0.3 is 6.03 Å². The number of carbonyl (C=O) groups excluding carboxylic acids is 1. The quantitative estimate of drug-likeness (QED) is 0.908. The molecule has 0 bridgehead atoms. The van der Waals surface area contributed by atoms with Crippen molar-refractivity contribution in [3.63, 3.8) is 0 Å². The summed E-state index contributed by atoms with van der Waals surface area (Å²) in [6.07, 6.45) is 0. The Morgan fingerprint density at radius 3 is 2.72 bits per heavy atom. The summed E-state index contributed by atoms with van der Waals surface area (Å²) in [5.41, 5.74) is 1.92. The van der Waals surface area contributed by atoms with Crippen LogP contribution in [0.15, 0.2) is 42.5 Å². The van der Waals surface area contributed by atoms with Crippen LogP contribution in [0.2, 0.25) is 0 Å². The van der Waals surface area contributed by atoms with Gasteiger partial charge in [-0.15, -0.1) is 0 Å². The van der Waals surface area contributed by atoms with Crippen molar-refractivity contribution >= 4 is 6.03 Å². The predicted molar refractivity (Wildman–Crippen MR) is 94.1 cm³/mol. The lowest BCUT2D eigenvalue weighted by Crippen LogP contribution is -2.36. The van der Waals surface area contributed by atoms with Crippen molar-refractivity contribution in [3.8, 4) is 17.2 Å². The fourth-order valence-corrected chi connectivity index (χ4v) is 2.69. The van der Waals surface area contributed by atoms with Gasteiger partial charge in [-0.3, -0.25) is 0 Å². The predicted octanol–water partition coefficient (Wildman–Crippen LogP) is 2.81. The van der Waals surface area contributed by atoms with Crippen LogP contribution >= 0.6 is 0 Å². The highest BCUT2D eigenvalue weighted by atomic mass is 16.6. The molecule has 6 nitrogen and oxygen atoms in total. The first-order valence-corrected chi connectivity index (χ1v) is 8.17. The van der Waals surface area contributed by atoms with Gasteiger partial charge in [0.05, 0.1) is 7.11 Å². The van der Waals surface area contributed by atoms with Gasteiger partial charge in [-0.25, -0.2) is 4.79 Å². The van der Waals surface area contributed by atoms with E-state index in [9.17, 15) is 4.79 Å². The van der Waals surface area contributed by atoms with Gasteiger partial charge in [-0.05, 0) is 23.8 Å². The molecule has 1 aliphatic heterocycles. The van der Waals surface area contributed by atoms with Gasteiger partial charge in [0, 0.05) is 25.7 Å². The molecule has 0 fully saturated rings. The third kappa shape index (κ3) is 4.15. The van der Waals surface area contributed by atoms with E-state index in [-0.39, 0.29) is 6.03 Å². The summed E-state index contributed by atoms with van der Waals surface area (Å²) in [6.45, 7) is 2.01. The zero-order valence-electron chi connectivity index (χ0n) is 14.5. The van der Waals surface area contributed by atoms with Crippen molar-refractivity contribution < 1.29 is 19.0 Å². The van der Waals surface area contributed by atoms with Crippen LogP contribution in [0.25, 0.3) is 0 Å². The number of hydrogen-bond donors (Lipinski definition) is 1. The fraction of sp³-hybridized carbons (Fsp3) is 0.316. The maximum absolute atomic E-state index is 12.3. The van der Waals surface area contributed by atoms with Crippen molar-refractivity contribution in [2.75, 3.05) is 27.4 Å². The molecule has 0 aliphatic carbocycles. The third-order valence-electron chi connectivity index (χ3n) is 4.00. The molecule has 2 aromatic rings. The zero-order chi connectivity index (χ0) is 17.6. The maximum atomic E-state index is 12.3. The Kier molecular flexibility index (Phi) is 5.28. The number of hydrogen-bond acceptors (Lipinski definition) is 4. The molecule has 0 spiro atoms. The van der Waals surface area contributed by atoms with E-state index in [4.69, 9.17) is 14.2 Å². The molecular weight excluding hydrogens is 320 g/mol. The minimum atomic E-state index is -0.152. The molecule has 25 heavy (non-hydrogen) atoms. The summed E-state index contributed by atoms with van der Waals surface area (Å²) in [4.78, 5) is 14.0. The molecule has 1 aliphatic rings. The summed E-state index contributed by atoms with van der Waals surface area (Å²) >= 11 is 0. The van der Waals surface area contributed by atoms with E-state index in [0.29, 0.717) is 26.3 Å². The van der Waals surface area contributed by atoms with Gasteiger partial charge in [-0.2, -0.15) is 0 Å². The first-order chi connectivity index (χ1) is 12.2. The molecule has 0 unspecified atom stereocenters. The molecule has 1 heterocycles. The van der Waals surface area contributed by atoms with Crippen LogP contribution in [0.4, 0.5) is 4.79 Å². The van der Waals surface area contributed by atoms with E-state index < -0.39 is 0 Å². The summed E-state index contributed by atoms with van der Waals surface area (Å²) in [5, 5.41) is 2.91. The molecule has 0 atom stereocenters. The van der Waals surface area contributed by atoms with Crippen molar-refractivity contribution in [1.29, 1.82) is 0 Å². The number of carbonyl (C=O) groups is 1. The maximum Gasteiger partial charge on any atom is 0.317 e. The molecule has 2 amide bonds. The number of rotatable bonds is 5. The van der Waals surface area contributed by atoms with Crippen molar-refractivity contribution in [1.82, 2.24) is 10.2 Å². The molecule has 132 valence electrons. The standard InChI is InChI=1S/C19H22N2O4/c1-21(13-14-7-8-17-18(11-14)25-10-9-24-17)19(22)20-12-15-5-3-4-6-16(15)23-2/h3-8,11H,9-10,12-13H2,1-2H3,(H,20,22). The van der Waals surface area contributed by atoms with Gasteiger partial charge in [0.2, 0.25) is 0 Å². The average molecular weight is 342 g/mol. The van der Waals surface area contributed by atoms with Crippen LogP contribution in [0.5, 0.6) is 17.2 Å². The SMILES string of the molecule is COc1ccccc1CNC(=O)N(C)Cc1ccc2c(c1)OCCO2. The van der Waals surface area contributed by atoms with E-state index in [0.717, 1.165) is 28.4 Å². The van der Waals surface area contributed by atoms with E-state index in [1.54, 1.807) is 19.1 Å². The Morgan fingerprint density at radius 2 is 1.92 bits per heavy atom. The highest BCUT2D eigenvalue weighted by molar-refractivity contribution is 5.74. The minimum absolute atomic E-state index is 0.152. The molecule has 1 N–H and O–H groups in total. The third-order valence-corrected chi connectivity index (χ3v) is 4.00. The number of methoxy groups -OCH3 is 1. The lowest BCUT2D eigenvalue weighted by atomic mass is 10.2. The molecule has 2 aromatic carbocycles. The Bertz CT molecular complexity index is 748. The molecular formula is C19H22N2O4. The molecule has 3 rings (SSSR count). The summed E-state index contributed by atoms with van der Waals surface area (Å²) in [5.74, 6) is 2.24.